The molecule has 0 atom stereocenters. The van der Waals surface area contributed by atoms with Crippen LogP contribution in [0.3, 0.4) is 0 Å². The fourth-order valence-corrected chi connectivity index (χ4v) is 2.84. The second-order valence-electron chi connectivity index (χ2n) is 4.87. The van der Waals surface area contributed by atoms with Gasteiger partial charge in [0.25, 0.3) is 0 Å². The predicted molar refractivity (Wildman–Crippen MR) is 92.0 cm³/mol. The molecular formula is C17H19BrClNO. The van der Waals surface area contributed by atoms with E-state index in [2.05, 4.69) is 53.3 Å². The third-order valence-electron chi connectivity index (χ3n) is 3.25. The molecule has 2 nitrogen and oxygen atoms in total. The van der Waals surface area contributed by atoms with Crippen molar-refractivity contribution >= 4 is 27.5 Å². The van der Waals surface area contributed by atoms with Gasteiger partial charge in [-0.25, -0.2) is 0 Å². The maximum absolute atomic E-state index is 6.24. The Bertz CT molecular complexity index is 616. The van der Waals surface area contributed by atoms with Crippen LogP contribution in [0.2, 0.25) is 5.02 Å². The molecule has 2 rings (SSSR count). The van der Waals surface area contributed by atoms with Gasteiger partial charge in [0.05, 0.1) is 0 Å². The fraction of sp³-hybridized carbons (Fsp3) is 0.294. The van der Waals surface area contributed by atoms with Gasteiger partial charge < -0.3 is 10.1 Å². The van der Waals surface area contributed by atoms with Crippen LogP contribution < -0.4 is 10.1 Å². The number of hydrogen-bond donors (Lipinski definition) is 1. The second-order valence-corrected chi connectivity index (χ2v) is 6.19. The molecule has 0 radical (unpaired) electrons. The fourth-order valence-electron chi connectivity index (χ4n) is 2.11. The van der Waals surface area contributed by atoms with Gasteiger partial charge in [0, 0.05) is 27.2 Å². The highest BCUT2D eigenvalue weighted by Gasteiger charge is 2.08. The lowest BCUT2D eigenvalue weighted by Crippen LogP contribution is -2.13. The van der Waals surface area contributed by atoms with Gasteiger partial charge in [-0.3, -0.25) is 0 Å². The molecule has 0 aliphatic carbocycles. The lowest BCUT2D eigenvalue weighted by atomic mass is 10.1. The lowest BCUT2D eigenvalue weighted by Gasteiger charge is -2.15. The van der Waals surface area contributed by atoms with Crippen LogP contribution in [0, 0.1) is 6.92 Å². The first-order valence-electron chi connectivity index (χ1n) is 6.97. The van der Waals surface area contributed by atoms with Crippen LogP contribution in [0.25, 0.3) is 0 Å². The summed E-state index contributed by atoms with van der Waals surface area (Å²) < 4.78 is 7.00. The van der Waals surface area contributed by atoms with Gasteiger partial charge in [0.1, 0.15) is 12.4 Å². The molecule has 2 aromatic rings. The molecule has 1 N–H and O–H groups in total. The largest absolute Gasteiger partial charge is 0.488 e. The number of halogens is 2. The molecule has 0 saturated carbocycles. The van der Waals surface area contributed by atoms with E-state index >= 15 is 0 Å². The number of rotatable bonds is 6. The number of ether oxygens (including phenoxy) is 1. The van der Waals surface area contributed by atoms with Crippen molar-refractivity contribution in [2.24, 2.45) is 0 Å². The minimum absolute atomic E-state index is 0.468. The summed E-state index contributed by atoms with van der Waals surface area (Å²) >= 11 is 9.65. The van der Waals surface area contributed by atoms with E-state index < -0.39 is 0 Å². The molecule has 2 aromatic carbocycles. The molecule has 4 heteroatoms. The summed E-state index contributed by atoms with van der Waals surface area (Å²) in [4.78, 5) is 0. The smallest absolute Gasteiger partial charge is 0.127 e. The van der Waals surface area contributed by atoms with Crippen molar-refractivity contribution in [1.29, 1.82) is 0 Å². The van der Waals surface area contributed by atoms with E-state index in [1.807, 2.05) is 18.2 Å². The topological polar surface area (TPSA) is 21.3 Å². The van der Waals surface area contributed by atoms with Crippen LogP contribution in [0.4, 0.5) is 0 Å². The molecule has 21 heavy (non-hydrogen) atoms. The van der Waals surface area contributed by atoms with Crippen molar-refractivity contribution in [3.05, 3.63) is 62.6 Å². The van der Waals surface area contributed by atoms with Gasteiger partial charge in [-0.15, -0.1) is 0 Å². The molecule has 0 aromatic heterocycles. The number of nitrogens with one attached hydrogen (secondary N) is 1. The van der Waals surface area contributed by atoms with Crippen LogP contribution in [0.1, 0.15) is 23.6 Å². The van der Waals surface area contributed by atoms with Crippen LogP contribution in [0.5, 0.6) is 5.75 Å². The molecule has 0 amide bonds. The minimum Gasteiger partial charge on any atom is -0.488 e. The number of hydrogen-bond acceptors (Lipinski definition) is 2. The van der Waals surface area contributed by atoms with E-state index in [9.17, 15) is 0 Å². The molecule has 0 aliphatic rings. The van der Waals surface area contributed by atoms with Crippen LogP contribution in [-0.4, -0.2) is 6.54 Å². The Labute approximate surface area is 139 Å². The Hall–Kier alpha value is -1.03. The van der Waals surface area contributed by atoms with Crippen LogP contribution >= 0.6 is 27.5 Å². The first-order chi connectivity index (χ1) is 10.1. The minimum atomic E-state index is 0.468. The highest BCUT2D eigenvalue weighted by molar-refractivity contribution is 9.10. The molecule has 0 saturated heterocycles. The monoisotopic (exact) mass is 367 g/mol. The van der Waals surface area contributed by atoms with Gasteiger partial charge in [-0.2, -0.15) is 0 Å². The van der Waals surface area contributed by atoms with E-state index in [-0.39, 0.29) is 0 Å². The molecule has 0 unspecified atom stereocenters. The maximum Gasteiger partial charge on any atom is 0.127 e. The van der Waals surface area contributed by atoms with E-state index in [4.69, 9.17) is 16.3 Å². The zero-order valence-corrected chi connectivity index (χ0v) is 14.6. The summed E-state index contributed by atoms with van der Waals surface area (Å²) in [6.45, 7) is 6.37. The predicted octanol–water partition coefficient (Wildman–Crippen LogP) is 5.10. The zero-order chi connectivity index (χ0) is 15.2. The van der Waals surface area contributed by atoms with Crippen molar-refractivity contribution in [3.63, 3.8) is 0 Å². The zero-order valence-electron chi connectivity index (χ0n) is 12.2. The van der Waals surface area contributed by atoms with Crippen LogP contribution in [0.15, 0.2) is 40.9 Å². The summed E-state index contributed by atoms with van der Waals surface area (Å²) in [6, 6.07) is 12.1. The SMILES string of the molecule is CCNCc1cccc(C)c1OCc1ccc(Br)cc1Cl. The summed E-state index contributed by atoms with van der Waals surface area (Å²) in [6.07, 6.45) is 0. The van der Waals surface area contributed by atoms with Crippen molar-refractivity contribution in [1.82, 2.24) is 5.32 Å². The summed E-state index contributed by atoms with van der Waals surface area (Å²) in [5.74, 6) is 0.942. The van der Waals surface area contributed by atoms with E-state index in [1.54, 1.807) is 0 Å². The average Bonchev–Trinajstić information content (AvgIpc) is 2.45. The second kappa shape index (κ2) is 7.83. The average molecular weight is 369 g/mol. The summed E-state index contributed by atoms with van der Waals surface area (Å²) in [7, 11) is 0. The first kappa shape index (κ1) is 16.3. The van der Waals surface area contributed by atoms with Crippen molar-refractivity contribution in [2.75, 3.05) is 6.54 Å². The van der Waals surface area contributed by atoms with E-state index in [1.165, 1.54) is 5.56 Å². The standard InChI is InChI=1S/C17H19BrClNO/c1-3-20-10-13-6-4-5-12(2)17(13)21-11-14-7-8-15(18)9-16(14)19/h4-9,20H,3,10-11H2,1-2H3. The molecule has 0 bridgehead atoms. The first-order valence-corrected chi connectivity index (χ1v) is 8.15. The lowest BCUT2D eigenvalue weighted by molar-refractivity contribution is 0.300. The van der Waals surface area contributed by atoms with E-state index in [0.29, 0.717) is 11.6 Å². The maximum atomic E-state index is 6.24. The number of benzene rings is 2. The molecular weight excluding hydrogens is 350 g/mol. The Balaban J connectivity index is 2.15. The highest BCUT2D eigenvalue weighted by Crippen LogP contribution is 2.27. The molecule has 112 valence electrons. The Kier molecular flexibility index (Phi) is 6.09. The van der Waals surface area contributed by atoms with Gasteiger partial charge >= 0.3 is 0 Å². The third kappa shape index (κ3) is 4.47. The molecule has 0 fully saturated rings. The van der Waals surface area contributed by atoms with Gasteiger partial charge in [0.2, 0.25) is 0 Å². The Morgan fingerprint density at radius 3 is 2.71 bits per heavy atom. The molecule has 0 spiro atoms. The van der Waals surface area contributed by atoms with Crippen molar-refractivity contribution < 1.29 is 4.74 Å². The van der Waals surface area contributed by atoms with Crippen LogP contribution in [-0.2, 0) is 13.2 Å². The highest BCUT2D eigenvalue weighted by atomic mass is 79.9. The Morgan fingerprint density at radius 2 is 2.00 bits per heavy atom. The van der Waals surface area contributed by atoms with Gasteiger partial charge in [0.15, 0.2) is 0 Å². The van der Waals surface area contributed by atoms with Gasteiger partial charge in [-0.1, -0.05) is 58.7 Å². The van der Waals surface area contributed by atoms with E-state index in [0.717, 1.165) is 34.4 Å². The van der Waals surface area contributed by atoms with Crippen molar-refractivity contribution in [3.8, 4) is 5.75 Å². The quantitative estimate of drug-likeness (QED) is 0.766. The Morgan fingerprint density at radius 1 is 1.19 bits per heavy atom. The normalized spacial score (nSPS) is 10.7. The third-order valence-corrected chi connectivity index (χ3v) is 4.09. The number of para-hydroxylation sites is 1. The van der Waals surface area contributed by atoms with Gasteiger partial charge in [-0.05, 0) is 31.2 Å². The number of aryl methyl sites for hydroxylation is 1. The summed E-state index contributed by atoms with van der Waals surface area (Å²) in [5.41, 5.74) is 3.29. The molecule has 0 aliphatic heterocycles. The van der Waals surface area contributed by atoms with Crippen molar-refractivity contribution in [2.45, 2.75) is 27.0 Å². The summed E-state index contributed by atoms with van der Waals surface area (Å²) in [5, 5.41) is 4.05. The molecule has 0 heterocycles.